The fourth-order valence-corrected chi connectivity index (χ4v) is 1.77. The van der Waals surface area contributed by atoms with Crippen LogP contribution in [0, 0.1) is 0 Å². The van der Waals surface area contributed by atoms with Crippen molar-refractivity contribution in [3.8, 4) is 0 Å². The quantitative estimate of drug-likeness (QED) is 0.797. The first kappa shape index (κ1) is 13.2. The number of rotatable bonds is 6. The Bertz CT molecular complexity index is 292. The lowest BCUT2D eigenvalue weighted by atomic mass is 9.99. The largest absolute Gasteiger partial charge is 0.383 e. The van der Waals surface area contributed by atoms with Crippen LogP contribution in [0.3, 0.4) is 0 Å². The van der Waals surface area contributed by atoms with Gasteiger partial charge in [0.1, 0.15) is 0 Å². The van der Waals surface area contributed by atoms with Gasteiger partial charge in [0.2, 0.25) is 0 Å². The van der Waals surface area contributed by atoms with Crippen LogP contribution in [0.2, 0.25) is 0 Å². The van der Waals surface area contributed by atoms with Gasteiger partial charge in [0, 0.05) is 13.2 Å². The van der Waals surface area contributed by atoms with Gasteiger partial charge in [0.05, 0.1) is 6.61 Å². The average molecular weight is 221 g/mol. The number of benzene rings is 1. The summed E-state index contributed by atoms with van der Waals surface area (Å²) in [7, 11) is 3.72. The van der Waals surface area contributed by atoms with Crippen molar-refractivity contribution in [2.24, 2.45) is 0 Å². The molecule has 90 valence electrons. The highest BCUT2D eigenvalue weighted by molar-refractivity contribution is 5.25. The van der Waals surface area contributed by atoms with E-state index in [9.17, 15) is 0 Å². The minimum absolute atomic E-state index is 0.398. The third-order valence-corrected chi connectivity index (χ3v) is 2.90. The van der Waals surface area contributed by atoms with Gasteiger partial charge in [-0.15, -0.1) is 0 Å². The summed E-state index contributed by atoms with van der Waals surface area (Å²) < 4.78 is 5.17. The highest BCUT2D eigenvalue weighted by atomic mass is 16.5. The molecule has 2 heteroatoms. The van der Waals surface area contributed by atoms with E-state index in [1.54, 1.807) is 7.11 Å². The first-order valence-corrected chi connectivity index (χ1v) is 5.92. The summed E-state index contributed by atoms with van der Waals surface area (Å²) in [6.07, 6.45) is 1.02. The molecular weight excluding hydrogens is 198 g/mol. The van der Waals surface area contributed by atoms with Crippen LogP contribution in [0.4, 0.5) is 0 Å². The predicted octanol–water partition coefficient (Wildman–Crippen LogP) is 2.59. The SMILES string of the molecule is CNC(COC)Cc1ccc(C(C)C)cc1. The maximum atomic E-state index is 5.17. The molecule has 1 rings (SSSR count). The zero-order valence-corrected chi connectivity index (χ0v) is 10.8. The molecule has 2 nitrogen and oxygen atoms in total. The van der Waals surface area contributed by atoms with E-state index in [2.05, 4.69) is 43.4 Å². The lowest BCUT2D eigenvalue weighted by molar-refractivity contribution is 0.169. The summed E-state index contributed by atoms with van der Waals surface area (Å²) in [5.41, 5.74) is 2.76. The van der Waals surface area contributed by atoms with Crippen LogP contribution in [0.25, 0.3) is 0 Å². The zero-order chi connectivity index (χ0) is 12.0. The van der Waals surface area contributed by atoms with Gasteiger partial charge in [0.25, 0.3) is 0 Å². The van der Waals surface area contributed by atoms with Gasteiger partial charge < -0.3 is 10.1 Å². The fourth-order valence-electron chi connectivity index (χ4n) is 1.77. The summed E-state index contributed by atoms with van der Waals surface area (Å²) in [6, 6.07) is 9.28. The molecule has 0 radical (unpaired) electrons. The molecule has 1 N–H and O–H groups in total. The van der Waals surface area contributed by atoms with Gasteiger partial charge in [-0.2, -0.15) is 0 Å². The van der Waals surface area contributed by atoms with Crippen molar-refractivity contribution in [3.63, 3.8) is 0 Å². The Morgan fingerprint density at radius 3 is 2.25 bits per heavy atom. The van der Waals surface area contributed by atoms with Crippen molar-refractivity contribution in [1.29, 1.82) is 0 Å². The van der Waals surface area contributed by atoms with Crippen LogP contribution < -0.4 is 5.32 Å². The van der Waals surface area contributed by atoms with E-state index in [0.717, 1.165) is 13.0 Å². The Morgan fingerprint density at radius 1 is 1.19 bits per heavy atom. The van der Waals surface area contributed by atoms with Crippen LogP contribution in [-0.2, 0) is 11.2 Å². The summed E-state index contributed by atoms with van der Waals surface area (Å²) in [5.74, 6) is 0.605. The minimum Gasteiger partial charge on any atom is -0.383 e. The number of hydrogen-bond donors (Lipinski definition) is 1. The third-order valence-electron chi connectivity index (χ3n) is 2.90. The van der Waals surface area contributed by atoms with E-state index >= 15 is 0 Å². The molecule has 0 saturated carbocycles. The molecule has 0 fully saturated rings. The number of nitrogens with one attached hydrogen (secondary N) is 1. The first-order valence-electron chi connectivity index (χ1n) is 5.92. The second-order valence-corrected chi connectivity index (χ2v) is 4.54. The number of ether oxygens (including phenoxy) is 1. The lowest BCUT2D eigenvalue weighted by Crippen LogP contribution is -2.32. The molecular formula is C14H23NO. The summed E-state index contributed by atoms with van der Waals surface area (Å²) in [5, 5.41) is 3.26. The van der Waals surface area contributed by atoms with Crippen LogP contribution in [-0.4, -0.2) is 26.8 Å². The number of methoxy groups -OCH3 is 1. The van der Waals surface area contributed by atoms with E-state index in [1.165, 1.54) is 11.1 Å². The molecule has 0 saturated heterocycles. The Labute approximate surface area is 99.0 Å². The normalized spacial score (nSPS) is 13.1. The van der Waals surface area contributed by atoms with E-state index in [0.29, 0.717) is 12.0 Å². The summed E-state index contributed by atoms with van der Waals surface area (Å²) in [4.78, 5) is 0. The van der Waals surface area contributed by atoms with Gasteiger partial charge in [-0.05, 0) is 30.5 Å². The highest BCUT2D eigenvalue weighted by Gasteiger charge is 2.07. The van der Waals surface area contributed by atoms with E-state index in [-0.39, 0.29) is 0 Å². The Morgan fingerprint density at radius 2 is 1.81 bits per heavy atom. The standard InChI is InChI=1S/C14H23NO/c1-11(2)13-7-5-12(6-8-13)9-14(15-3)10-16-4/h5-8,11,14-15H,9-10H2,1-4H3. The maximum Gasteiger partial charge on any atom is 0.0618 e. The minimum atomic E-state index is 0.398. The zero-order valence-electron chi connectivity index (χ0n) is 10.8. The molecule has 1 aromatic rings. The van der Waals surface area contributed by atoms with Crippen molar-refractivity contribution < 1.29 is 4.74 Å². The number of hydrogen-bond acceptors (Lipinski definition) is 2. The fraction of sp³-hybridized carbons (Fsp3) is 0.571. The predicted molar refractivity (Wildman–Crippen MR) is 69.0 cm³/mol. The molecule has 0 amide bonds. The molecule has 0 heterocycles. The molecule has 0 aromatic heterocycles. The van der Waals surface area contributed by atoms with Crippen molar-refractivity contribution in [2.45, 2.75) is 32.2 Å². The smallest absolute Gasteiger partial charge is 0.0618 e. The van der Waals surface area contributed by atoms with Crippen LogP contribution in [0.1, 0.15) is 30.9 Å². The second-order valence-electron chi connectivity index (χ2n) is 4.54. The van der Waals surface area contributed by atoms with Crippen molar-refractivity contribution in [2.75, 3.05) is 20.8 Å². The van der Waals surface area contributed by atoms with Crippen molar-refractivity contribution in [1.82, 2.24) is 5.32 Å². The molecule has 0 aliphatic rings. The van der Waals surface area contributed by atoms with E-state index in [4.69, 9.17) is 4.74 Å². The summed E-state index contributed by atoms with van der Waals surface area (Å²) >= 11 is 0. The number of likely N-dealkylation sites (N-methyl/N-ethyl adjacent to an activating group) is 1. The monoisotopic (exact) mass is 221 g/mol. The third kappa shape index (κ3) is 3.95. The van der Waals surface area contributed by atoms with Crippen LogP contribution in [0.15, 0.2) is 24.3 Å². The Hall–Kier alpha value is -0.860. The first-order chi connectivity index (χ1) is 7.67. The van der Waals surface area contributed by atoms with Crippen molar-refractivity contribution in [3.05, 3.63) is 35.4 Å². The van der Waals surface area contributed by atoms with Crippen molar-refractivity contribution >= 4 is 0 Å². The Kier molecular flexibility index (Phi) is 5.50. The molecule has 16 heavy (non-hydrogen) atoms. The topological polar surface area (TPSA) is 21.3 Å². The molecule has 1 atom stereocenters. The maximum absolute atomic E-state index is 5.17. The second kappa shape index (κ2) is 6.66. The van der Waals surface area contributed by atoms with Gasteiger partial charge >= 0.3 is 0 Å². The molecule has 0 spiro atoms. The van der Waals surface area contributed by atoms with E-state index < -0.39 is 0 Å². The molecule has 1 unspecified atom stereocenters. The van der Waals surface area contributed by atoms with Crippen LogP contribution >= 0.6 is 0 Å². The molecule has 0 bridgehead atoms. The van der Waals surface area contributed by atoms with Gasteiger partial charge in [-0.3, -0.25) is 0 Å². The van der Waals surface area contributed by atoms with Gasteiger partial charge in [0.15, 0.2) is 0 Å². The molecule has 1 aromatic carbocycles. The molecule has 0 aliphatic heterocycles. The highest BCUT2D eigenvalue weighted by Crippen LogP contribution is 2.15. The van der Waals surface area contributed by atoms with Gasteiger partial charge in [-0.1, -0.05) is 38.1 Å². The Balaban J connectivity index is 2.60. The summed E-state index contributed by atoms with van der Waals surface area (Å²) in [6.45, 7) is 5.19. The van der Waals surface area contributed by atoms with Crippen LogP contribution in [0.5, 0.6) is 0 Å². The average Bonchev–Trinajstić information content (AvgIpc) is 2.29. The van der Waals surface area contributed by atoms with E-state index in [1.807, 2.05) is 7.05 Å². The molecule has 0 aliphatic carbocycles. The lowest BCUT2D eigenvalue weighted by Gasteiger charge is -2.15. The van der Waals surface area contributed by atoms with Gasteiger partial charge in [-0.25, -0.2) is 0 Å².